The first-order valence-electron chi connectivity index (χ1n) is 8.74. The number of halogens is 1. The lowest BCUT2D eigenvalue weighted by Gasteiger charge is -2.26. The van der Waals surface area contributed by atoms with Gasteiger partial charge in [-0.05, 0) is 56.4 Å². The smallest absolute Gasteiger partial charge is 0.247 e. The Morgan fingerprint density at radius 1 is 1.16 bits per heavy atom. The molecular weight excluding hydrogens is 338 g/mol. The van der Waals surface area contributed by atoms with Crippen molar-refractivity contribution >= 4 is 17.5 Å². The number of allylic oxidation sites excluding steroid dienone is 2. The number of hydrogen-bond acceptors (Lipinski definition) is 4. The SMILES string of the molecule is O=C(C1CC=CCC1)N(Cc1nnc(-c2ccc(Cl)cc2)o1)C1CC1. The molecule has 2 aliphatic rings. The van der Waals surface area contributed by atoms with Gasteiger partial charge < -0.3 is 9.32 Å². The van der Waals surface area contributed by atoms with E-state index in [9.17, 15) is 4.79 Å². The molecule has 130 valence electrons. The van der Waals surface area contributed by atoms with E-state index in [1.54, 1.807) is 12.1 Å². The third-order valence-corrected chi connectivity index (χ3v) is 5.00. The van der Waals surface area contributed by atoms with Crippen LogP contribution in [0.25, 0.3) is 11.5 Å². The highest BCUT2D eigenvalue weighted by molar-refractivity contribution is 6.30. The fraction of sp³-hybridized carbons (Fsp3) is 0.421. The van der Waals surface area contributed by atoms with Gasteiger partial charge in [0.2, 0.25) is 17.7 Å². The molecule has 0 radical (unpaired) electrons. The van der Waals surface area contributed by atoms with Gasteiger partial charge in [0.1, 0.15) is 0 Å². The Morgan fingerprint density at radius 3 is 2.64 bits per heavy atom. The summed E-state index contributed by atoms with van der Waals surface area (Å²) in [5, 5.41) is 8.91. The molecule has 2 aromatic rings. The quantitative estimate of drug-likeness (QED) is 0.751. The molecule has 0 spiro atoms. The average molecular weight is 358 g/mol. The molecule has 1 unspecified atom stereocenters. The third kappa shape index (κ3) is 3.76. The van der Waals surface area contributed by atoms with Gasteiger partial charge in [0, 0.05) is 22.5 Å². The van der Waals surface area contributed by atoms with E-state index in [1.165, 1.54) is 0 Å². The number of rotatable bonds is 5. The number of carbonyl (C=O) groups is 1. The molecule has 1 atom stereocenters. The summed E-state index contributed by atoms with van der Waals surface area (Å²) in [6, 6.07) is 7.59. The number of benzene rings is 1. The van der Waals surface area contributed by atoms with Crippen LogP contribution in [0.1, 0.15) is 38.0 Å². The van der Waals surface area contributed by atoms with Crippen molar-refractivity contribution in [3.63, 3.8) is 0 Å². The van der Waals surface area contributed by atoms with Gasteiger partial charge in [-0.15, -0.1) is 10.2 Å². The van der Waals surface area contributed by atoms with Gasteiger partial charge in [-0.3, -0.25) is 4.79 Å². The first kappa shape index (κ1) is 16.3. The van der Waals surface area contributed by atoms with E-state index < -0.39 is 0 Å². The van der Waals surface area contributed by atoms with Crippen LogP contribution < -0.4 is 0 Å². The van der Waals surface area contributed by atoms with Crippen LogP contribution in [-0.4, -0.2) is 27.0 Å². The summed E-state index contributed by atoms with van der Waals surface area (Å²) in [6.07, 6.45) is 9.14. The summed E-state index contributed by atoms with van der Waals surface area (Å²) in [6.45, 7) is 0.393. The van der Waals surface area contributed by atoms with Crippen LogP contribution in [0.2, 0.25) is 5.02 Å². The maximum absolute atomic E-state index is 12.9. The number of carbonyl (C=O) groups excluding carboxylic acids is 1. The van der Waals surface area contributed by atoms with Crippen LogP contribution in [0.5, 0.6) is 0 Å². The molecule has 25 heavy (non-hydrogen) atoms. The molecular formula is C19H20ClN3O2. The largest absolute Gasteiger partial charge is 0.419 e. The van der Waals surface area contributed by atoms with E-state index >= 15 is 0 Å². The van der Waals surface area contributed by atoms with E-state index in [4.69, 9.17) is 16.0 Å². The minimum absolute atomic E-state index is 0.0873. The highest BCUT2D eigenvalue weighted by Crippen LogP contribution is 2.32. The predicted octanol–water partition coefficient (Wildman–Crippen LogP) is 4.24. The number of aromatic nitrogens is 2. The molecule has 2 aliphatic carbocycles. The van der Waals surface area contributed by atoms with Crippen molar-refractivity contribution in [2.45, 2.75) is 44.7 Å². The van der Waals surface area contributed by atoms with Crippen LogP contribution >= 0.6 is 11.6 Å². The lowest BCUT2D eigenvalue weighted by molar-refractivity contribution is -0.137. The number of amides is 1. The maximum atomic E-state index is 12.9. The summed E-state index contributed by atoms with van der Waals surface area (Å²) >= 11 is 5.91. The fourth-order valence-electron chi connectivity index (χ4n) is 3.20. The van der Waals surface area contributed by atoms with Crippen molar-refractivity contribution in [2.24, 2.45) is 5.92 Å². The van der Waals surface area contributed by atoms with Crippen LogP contribution in [-0.2, 0) is 11.3 Å². The van der Waals surface area contributed by atoms with Crippen LogP contribution in [0.15, 0.2) is 40.8 Å². The van der Waals surface area contributed by atoms with Crippen molar-refractivity contribution in [1.29, 1.82) is 0 Å². The fourth-order valence-corrected chi connectivity index (χ4v) is 3.32. The third-order valence-electron chi connectivity index (χ3n) is 4.75. The predicted molar refractivity (Wildman–Crippen MR) is 94.8 cm³/mol. The molecule has 1 amide bonds. The van der Waals surface area contributed by atoms with Gasteiger partial charge in [-0.1, -0.05) is 23.8 Å². The zero-order valence-electron chi connectivity index (χ0n) is 13.9. The Labute approximate surface area is 151 Å². The topological polar surface area (TPSA) is 59.2 Å². The highest BCUT2D eigenvalue weighted by atomic mass is 35.5. The Kier molecular flexibility index (Phi) is 4.57. The molecule has 0 bridgehead atoms. The van der Waals surface area contributed by atoms with E-state index in [0.717, 1.165) is 37.7 Å². The van der Waals surface area contributed by atoms with Gasteiger partial charge in [0.05, 0.1) is 6.54 Å². The average Bonchev–Trinajstić information content (AvgIpc) is 3.39. The normalized spacial score (nSPS) is 19.8. The van der Waals surface area contributed by atoms with Gasteiger partial charge in [-0.2, -0.15) is 0 Å². The molecule has 4 rings (SSSR count). The molecule has 6 heteroatoms. The zero-order valence-corrected chi connectivity index (χ0v) is 14.7. The van der Waals surface area contributed by atoms with Gasteiger partial charge >= 0.3 is 0 Å². The van der Waals surface area contributed by atoms with Gasteiger partial charge in [-0.25, -0.2) is 0 Å². The molecule has 1 fully saturated rings. The van der Waals surface area contributed by atoms with Gasteiger partial charge in [0.15, 0.2) is 0 Å². The molecule has 0 aliphatic heterocycles. The second-order valence-corrected chi connectivity index (χ2v) is 7.12. The van der Waals surface area contributed by atoms with Crippen molar-refractivity contribution in [3.05, 3.63) is 47.3 Å². The molecule has 1 aromatic carbocycles. The van der Waals surface area contributed by atoms with E-state index in [-0.39, 0.29) is 11.8 Å². The first-order valence-corrected chi connectivity index (χ1v) is 9.12. The Morgan fingerprint density at radius 2 is 1.96 bits per heavy atom. The minimum atomic E-state index is 0.0873. The number of hydrogen-bond donors (Lipinski definition) is 0. The summed E-state index contributed by atoms with van der Waals surface area (Å²) < 4.78 is 5.78. The Balaban J connectivity index is 1.48. The van der Waals surface area contributed by atoms with Crippen LogP contribution in [0, 0.1) is 5.92 Å². The standard InChI is InChI=1S/C19H20ClN3O2/c20-15-8-6-13(7-9-15)18-22-21-17(25-18)12-23(16-10-11-16)19(24)14-4-2-1-3-5-14/h1-2,6-9,14,16H,3-5,10-12H2. The Hall–Kier alpha value is -2.14. The minimum Gasteiger partial charge on any atom is -0.419 e. The molecule has 1 heterocycles. The lowest BCUT2D eigenvalue weighted by atomic mass is 9.93. The van der Waals surface area contributed by atoms with E-state index in [2.05, 4.69) is 22.3 Å². The molecule has 1 aromatic heterocycles. The van der Waals surface area contributed by atoms with Crippen molar-refractivity contribution < 1.29 is 9.21 Å². The van der Waals surface area contributed by atoms with E-state index in [0.29, 0.717) is 29.4 Å². The molecule has 0 saturated heterocycles. The summed E-state index contributed by atoms with van der Waals surface area (Å²) in [7, 11) is 0. The first-order chi connectivity index (χ1) is 12.2. The monoisotopic (exact) mass is 357 g/mol. The van der Waals surface area contributed by atoms with Crippen LogP contribution in [0.3, 0.4) is 0 Å². The molecule has 1 saturated carbocycles. The molecule has 5 nitrogen and oxygen atoms in total. The van der Waals surface area contributed by atoms with Crippen LogP contribution in [0.4, 0.5) is 0 Å². The summed E-state index contributed by atoms with van der Waals surface area (Å²) in [5.74, 6) is 1.24. The van der Waals surface area contributed by atoms with Gasteiger partial charge in [0.25, 0.3) is 0 Å². The summed E-state index contributed by atoms with van der Waals surface area (Å²) in [5.41, 5.74) is 0.824. The summed E-state index contributed by atoms with van der Waals surface area (Å²) in [4.78, 5) is 14.8. The zero-order chi connectivity index (χ0) is 17.2. The Bertz CT molecular complexity index is 780. The second-order valence-electron chi connectivity index (χ2n) is 6.69. The van der Waals surface area contributed by atoms with Crippen molar-refractivity contribution in [3.8, 4) is 11.5 Å². The molecule has 0 N–H and O–H groups in total. The number of nitrogens with zero attached hydrogens (tertiary/aromatic N) is 3. The van der Waals surface area contributed by atoms with E-state index in [1.807, 2.05) is 17.0 Å². The highest BCUT2D eigenvalue weighted by Gasteiger charge is 2.36. The lowest BCUT2D eigenvalue weighted by Crippen LogP contribution is -2.37. The maximum Gasteiger partial charge on any atom is 0.247 e. The van der Waals surface area contributed by atoms with Crippen molar-refractivity contribution in [1.82, 2.24) is 15.1 Å². The van der Waals surface area contributed by atoms with Crippen molar-refractivity contribution in [2.75, 3.05) is 0 Å². The second kappa shape index (κ2) is 7.00.